The standard InChI is InChI=1S/C40H44N2O14S/c1-23-31(49-3)15-11-25(39(23)55-9)13-17-37(27-19-33(51-5)35(53-7)21-29(27)41(43)44)57(47,48)38(18-14-26-12-16-32(50-4)24(2)40(26)56-10)28-20-34(52-6)36(54-8)22-30(28)42(45)46/h11-22,37-38H,1-10H3/b17-13+,18-14+. The molecule has 4 aromatic rings. The summed E-state index contributed by atoms with van der Waals surface area (Å²) >= 11 is 0. The highest BCUT2D eigenvalue weighted by molar-refractivity contribution is 7.92. The third-order valence-corrected chi connectivity index (χ3v) is 11.5. The molecule has 0 saturated heterocycles. The van der Waals surface area contributed by atoms with Gasteiger partial charge in [-0.05, 0) is 50.2 Å². The Morgan fingerprint density at radius 2 is 0.825 bits per heavy atom. The van der Waals surface area contributed by atoms with Crippen molar-refractivity contribution in [2.24, 2.45) is 0 Å². The van der Waals surface area contributed by atoms with Gasteiger partial charge >= 0.3 is 0 Å². The third kappa shape index (κ3) is 8.67. The van der Waals surface area contributed by atoms with Crippen LogP contribution in [-0.4, -0.2) is 75.1 Å². The summed E-state index contributed by atoms with van der Waals surface area (Å²) < 4.78 is 74.9. The van der Waals surface area contributed by atoms with E-state index < -0.39 is 41.6 Å². The first-order valence-corrected chi connectivity index (χ1v) is 18.6. The predicted molar refractivity (Wildman–Crippen MR) is 213 cm³/mol. The van der Waals surface area contributed by atoms with Crippen molar-refractivity contribution in [3.05, 3.63) is 114 Å². The molecule has 0 radical (unpaired) electrons. The van der Waals surface area contributed by atoms with Crippen LogP contribution in [0.15, 0.2) is 60.7 Å². The lowest BCUT2D eigenvalue weighted by atomic mass is 10.0. The van der Waals surface area contributed by atoms with Crippen molar-refractivity contribution < 1.29 is 56.2 Å². The molecule has 0 aromatic heterocycles. The van der Waals surface area contributed by atoms with E-state index in [1.54, 1.807) is 38.1 Å². The second-order valence-corrected chi connectivity index (χ2v) is 14.4. The first-order chi connectivity index (χ1) is 27.2. The molecule has 16 nitrogen and oxygen atoms in total. The lowest BCUT2D eigenvalue weighted by molar-refractivity contribution is -0.385. The maximum Gasteiger partial charge on any atom is 0.278 e. The summed E-state index contributed by atoms with van der Waals surface area (Å²) in [4.78, 5) is 23.9. The van der Waals surface area contributed by atoms with Gasteiger partial charge in [0.05, 0.1) is 90.0 Å². The largest absolute Gasteiger partial charge is 0.496 e. The average Bonchev–Trinajstić information content (AvgIpc) is 3.20. The van der Waals surface area contributed by atoms with Crippen LogP contribution in [0.5, 0.6) is 46.0 Å². The Morgan fingerprint density at radius 3 is 1.11 bits per heavy atom. The van der Waals surface area contributed by atoms with Crippen molar-refractivity contribution in [3.8, 4) is 46.0 Å². The van der Waals surface area contributed by atoms with E-state index in [-0.39, 0.29) is 34.1 Å². The van der Waals surface area contributed by atoms with Crippen LogP contribution in [0.2, 0.25) is 0 Å². The first-order valence-electron chi connectivity index (χ1n) is 17.0. The monoisotopic (exact) mass is 808 g/mol. The van der Waals surface area contributed by atoms with Gasteiger partial charge in [-0.1, -0.05) is 24.3 Å². The van der Waals surface area contributed by atoms with Gasteiger partial charge in [0.1, 0.15) is 33.5 Å². The summed E-state index contributed by atoms with van der Waals surface area (Å²) in [7, 11) is 6.07. The molecule has 0 heterocycles. The maximum absolute atomic E-state index is 15.6. The molecule has 0 aliphatic heterocycles. The normalized spacial score (nSPS) is 12.5. The van der Waals surface area contributed by atoms with Crippen molar-refractivity contribution >= 4 is 33.4 Å². The number of ether oxygens (including phenoxy) is 8. The highest BCUT2D eigenvalue weighted by Gasteiger charge is 2.41. The van der Waals surface area contributed by atoms with Gasteiger partial charge in [0.15, 0.2) is 32.8 Å². The van der Waals surface area contributed by atoms with Crippen LogP contribution >= 0.6 is 0 Å². The molecule has 2 unspecified atom stereocenters. The SMILES string of the molecule is COc1cc(C(/C=C/c2ccc(OC)c(C)c2OC)S(=O)(=O)C(/C=C/c2ccc(OC)c(C)c2OC)c2cc(OC)c(OC)cc2[N+](=O)[O-])c([N+](=O)[O-])cc1OC. The number of benzene rings is 4. The van der Waals surface area contributed by atoms with Crippen molar-refractivity contribution in [3.63, 3.8) is 0 Å². The summed E-state index contributed by atoms with van der Waals surface area (Å²) in [5, 5.41) is 21.7. The minimum Gasteiger partial charge on any atom is -0.496 e. The van der Waals surface area contributed by atoms with Crippen LogP contribution in [0.4, 0.5) is 11.4 Å². The molecule has 57 heavy (non-hydrogen) atoms. The van der Waals surface area contributed by atoms with Crippen LogP contribution in [0.25, 0.3) is 12.2 Å². The van der Waals surface area contributed by atoms with Gasteiger partial charge in [0.2, 0.25) is 0 Å². The van der Waals surface area contributed by atoms with Gasteiger partial charge < -0.3 is 37.9 Å². The van der Waals surface area contributed by atoms with E-state index in [9.17, 15) is 20.2 Å². The molecule has 0 saturated carbocycles. The lowest BCUT2D eigenvalue weighted by Gasteiger charge is -2.23. The molecule has 0 aliphatic rings. The van der Waals surface area contributed by atoms with E-state index in [1.165, 1.54) is 93.3 Å². The van der Waals surface area contributed by atoms with Crippen LogP contribution in [-0.2, 0) is 9.84 Å². The molecule has 0 bridgehead atoms. The smallest absolute Gasteiger partial charge is 0.278 e. The van der Waals surface area contributed by atoms with Gasteiger partial charge in [-0.3, -0.25) is 20.2 Å². The highest BCUT2D eigenvalue weighted by Crippen LogP contribution is 2.48. The van der Waals surface area contributed by atoms with Gasteiger partial charge in [-0.15, -0.1) is 0 Å². The Morgan fingerprint density at radius 1 is 0.509 bits per heavy atom. The first kappa shape index (κ1) is 43.2. The Bertz CT molecular complexity index is 2170. The number of hydrogen-bond donors (Lipinski definition) is 0. The minimum absolute atomic E-state index is 0.00722. The van der Waals surface area contributed by atoms with Crippen molar-refractivity contribution in [1.29, 1.82) is 0 Å². The molecule has 4 aromatic carbocycles. The second-order valence-electron chi connectivity index (χ2n) is 12.2. The number of methoxy groups -OCH3 is 8. The summed E-state index contributed by atoms with van der Waals surface area (Å²) in [5.74, 6) is 1.61. The zero-order chi connectivity index (χ0) is 42.2. The molecule has 0 amide bonds. The number of nitro groups is 2. The third-order valence-electron chi connectivity index (χ3n) is 9.30. The minimum atomic E-state index is -4.90. The van der Waals surface area contributed by atoms with Crippen LogP contribution in [0, 0.1) is 34.1 Å². The Labute approximate surface area is 330 Å². The summed E-state index contributed by atoms with van der Waals surface area (Å²) in [6.45, 7) is 3.49. The topological polar surface area (TPSA) is 194 Å². The molecule has 304 valence electrons. The molecular formula is C40H44N2O14S. The van der Waals surface area contributed by atoms with Crippen LogP contribution in [0.3, 0.4) is 0 Å². The molecule has 17 heteroatoms. The summed E-state index contributed by atoms with van der Waals surface area (Å²) in [6.07, 6.45) is 5.37. The maximum atomic E-state index is 15.6. The molecule has 4 rings (SSSR count). The van der Waals surface area contributed by atoms with E-state index in [0.717, 1.165) is 12.1 Å². The molecule has 0 spiro atoms. The zero-order valence-electron chi connectivity index (χ0n) is 33.1. The number of nitro benzene ring substituents is 2. The van der Waals surface area contributed by atoms with Gasteiger partial charge in [0.25, 0.3) is 11.4 Å². The Hall–Kier alpha value is -6.49. The van der Waals surface area contributed by atoms with E-state index >= 15 is 8.42 Å². The molecule has 0 fully saturated rings. The fourth-order valence-electron chi connectivity index (χ4n) is 6.50. The second kappa shape index (κ2) is 18.4. The fourth-order valence-corrected chi connectivity index (χ4v) is 8.49. The highest BCUT2D eigenvalue weighted by atomic mass is 32.2. The quantitative estimate of drug-likeness (QED) is 0.0697. The Balaban J connectivity index is 2.18. The van der Waals surface area contributed by atoms with Gasteiger partial charge in [-0.2, -0.15) is 0 Å². The summed E-state index contributed by atoms with van der Waals surface area (Å²) in [6, 6.07) is 11.1. The van der Waals surface area contributed by atoms with Crippen molar-refractivity contribution in [1.82, 2.24) is 0 Å². The van der Waals surface area contributed by atoms with E-state index in [1.807, 2.05) is 0 Å². The fraction of sp³-hybridized carbons (Fsp3) is 0.300. The van der Waals surface area contributed by atoms with E-state index in [0.29, 0.717) is 45.3 Å². The van der Waals surface area contributed by atoms with Crippen LogP contribution in [0.1, 0.15) is 43.9 Å². The summed E-state index contributed by atoms with van der Waals surface area (Å²) in [5.41, 5.74) is 0.119. The molecule has 0 aliphatic carbocycles. The molecular weight excluding hydrogens is 765 g/mol. The zero-order valence-corrected chi connectivity index (χ0v) is 33.9. The van der Waals surface area contributed by atoms with E-state index in [2.05, 4.69) is 0 Å². The van der Waals surface area contributed by atoms with Gasteiger partial charge in [0, 0.05) is 22.3 Å². The molecule has 2 atom stereocenters. The lowest BCUT2D eigenvalue weighted by Crippen LogP contribution is -2.21. The number of hydrogen-bond acceptors (Lipinski definition) is 14. The molecule has 0 N–H and O–H groups in total. The average molecular weight is 809 g/mol. The van der Waals surface area contributed by atoms with E-state index in [4.69, 9.17) is 37.9 Å². The van der Waals surface area contributed by atoms with Crippen molar-refractivity contribution in [2.45, 2.75) is 24.3 Å². The number of rotatable bonds is 18. The number of sulfone groups is 1. The van der Waals surface area contributed by atoms with Gasteiger partial charge in [-0.25, -0.2) is 8.42 Å². The Kier molecular flexibility index (Phi) is 14.0. The predicted octanol–water partition coefficient (Wildman–Crippen LogP) is 7.81. The van der Waals surface area contributed by atoms with Crippen LogP contribution < -0.4 is 37.9 Å². The van der Waals surface area contributed by atoms with Crippen molar-refractivity contribution in [2.75, 3.05) is 56.9 Å². The number of nitrogens with zero attached hydrogens (tertiary/aromatic N) is 2.